The van der Waals surface area contributed by atoms with Crippen molar-refractivity contribution in [2.24, 2.45) is 0 Å². The van der Waals surface area contributed by atoms with Gasteiger partial charge in [0.25, 0.3) is 0 Å². The Morgan fingerprint density at radius 3 is 2.37 bits per heavy atom. The molecule has 0 radical (unpaired) electrons. The van der Waals surface area contributed by atoms with Crippen LogP contribution in [0.5, 0.6) is 0 Å². The zero-order valence-electron chi connectivity index (χ0n) is 15.9. The molecule has 3 rings (SSSR count). The van der Waals surface area contributed by atoms with Gasteiger partial charge in [-0.3, -0.25) is 0 Å². The fraction of sp³-hybridized carbons (Fsp3) is 0.474. The van der Waals surface area contributed by atoms with Gasteiger partial charge in [-0.05, 0) is 25.0 Å². The predicted molar refractivity (Wildman–Crippen MR) is 104 cm³/mol. The first-order valence-corrected chi connectivity index (χ1v) is 10.9. The molecule has 0 N–H and O–H groups in total. The highest BCUT2D eigenvalue weighted by Gasteiger charge is 2.26. The van der Waals surface area contributed by atoms with E-state index < -0.39 is 10.0 Å². The molecule has 1 aliphatic rings. The number of benzene rings is 1. The Bertz CT molecular complexity index is 925. The van der Waals surface area contributed by atoms with Crippen LogP contribution >= 0.6 is 0 Å². The smallest absolute Gasteiger partial charge is 0.211 e. The van der Waals surface area contributed by atoms with Crippen LogP contribution in [0, 0.1) is 12.7 Å². The standard InChI is InChI=1S/C19H25FN4O2S/c1-4-18-16(13-15-7-5-6-8-17(15)20)19(22-14(2)21-18)23-9-11-24(12-10-23)27(3,25)26/h5-8H,4,9-13H2,1-3H3. The lowest BCUT2D eigenvalue weighted by Gasteiger charge is -2.35. The molecule has 1 fully saturated rings. The number of aryl methyl sites for hydroxylation is 2. The van der Waals surface area contributed by atoms with Crippen molar-refractivity contribution in [2.75, 3.05) is 37.3 Å². The molecule has 146 valence electrons. The van der Waals surface area contributed by atoms with Gasteiger partial charge in [-0.1, -0.05) is 25.1 Å². The van der Waals surface area contributed by atoms with E-state index in [4.69, 9.17) is 0 Å². The average molecular weight is 393 g/mol. The number of nitrogens with zero attached hydrogens (tertiary/aromatic N) is 4. The minimum Gasteiger partial charge on any atom is -0.354 e. The zero-order valence-corrected chi connectivity index (χ0v) is 16.8. The number of aromatic nitrogens is 2. The highest BCUT2D eigenvalue weighted by Crippen LogP contribution is 2.27. The summed E-state index contributed by atoms with van der Waals surface area (Å²) in [7, 11) is -3.19. The third kappa shape index (κ3) is 4.44. The molecular weight excluding hydrogens is 367 g/mol. The first kappa shape index (κ1) is 19.7. The summed E-state index contributed by atoms with van der Waals surface area (Å²) >= 11 is 0. The summed E-state index contributed by atoms with van der Waals surface area (Å²) in [4.78, 5) is 11.3. The highest BCUT2D eigenvalue weighted by atomic mass is 32.2. The quantitative estimate of drug-likeness (QED) is 0.780. The Morgan fingerprint density at radius 1 is 1.11 bits per heavy atom. The van der Waals surface area contributed by atoms with Crippen LogP contribution in [0.25, 0.3) is 0 Å². The maximum atomic E-state index is 14.2. The van der Waals surface area contributed by atoms with Crippen molar-refractivity contribution in [3.8, 4) is 0 Å². The lowest BCUT2D eigenvalue weighted by molar-refractivity contribution is 0.386. The number of hydrogen-bond donors (Lipinski definition) is 0. The largest absolute Gasteiger partial charge is 0.354 e. The van der Waals surface area contributed by atoms with Crippen molar-refractivity contribution >= 4 is 15.8 Å². The van der Waals surface area contributed by atoms with E-state index >= 15 is 0 Å². The molecule has 2 heterocycles. The second kappa shape index (κ2) is 7.90. The van der Waals surface area contributed by atoms with E-state index in [1.54, 1.807) is 12.1 Å². The summed E-state index contributed by atoms with van der Waals surface area (Å²) in [5.74, 6) is 1.22. The van der Waals surface area contributed by atoms with E-state index in [9.17, 15) is 12.8 Å². The van der Waals surface area contributed by atoms with Crippen LogP contribution in [0.15, 0.2) is 24.3 Å². The summed E-state index contributed by atoms with van der Waals surface area (Å²) in [5.41, 5.74) is 2.43. The Labute approximate surface area is 160 Å². The van der Waals surface area contributed by atoms with Gasteiger partial charge in [-0.25, -0.2) is 22.8 Å². The number of hydrogen-bond acceptors (Lipinski definition) is 5. The Balaban J connectivity index is 1.95. The van der Waals surface area contributed by atoms with E-state index in [1.165, 1.54) is 16.6 Å². The Kier molecular flexibility index (Phi) is 5.76. The summed E-state index contributed by atoms with van der Waals surface area (Å²) in [5, 5.41) is 0. The molecule has 0 spiro atoms. The van der Waals surface area contributed by atoms with Crippen molar-refractivity contribution in [1.82, 2.24) is 14.3 Å². The molecule has 8 heteroatoms. The third-order valence-corrected chi connectivity index (χ3v) is 6.15. The summed E-state index contributed by atoms with van der Waals surface area (Å²) < 4.78 is 39.2. The van der Waals surface area contributed by atoms with Gasteiger partial charge in [0.2, 0.25) is 10.0 Å². The lowest BCUT2D eigenvalue weighted by Crippen LogP contribution is -2.49. The van der Waals surface area contributed by atoms with E-state index in [0.29, 0.717) is 44.0 Å². The van der Waals surface area contributed by atoms with Gasteiger partial charge < -0.3 is 4.90 Å². The number of sulfonamides is 1. The van der Waals surface area contributed by atoms with E-state index in [2.05, 4.69) is 14.9 Å². The predicted octanol–water partition coefficient (Wildman–Crippen LogP) is 2.16. The van der Waals surface area contributed by atoms with Crippen LogP contribution in [0.1, 0.15) is 29.6 Å². The molecular formula is C19H25FN4O2S. The van der Waals surface area contributed by atoms with Crippen molar-refractivity contribution in [3.63, 3.8) is 0 Å². The van der Waals surface area contributed by atoms with Crippen LogP contribution in [-0.4, -0.2) is 55.1 Å². The highest BCUT2D eigenvalue weighted by molar-refractivity contribution is 7.88. The molecule has 1 saturated heterocycles. The number of anilines is 1. The Morgan fingerprint density at radius 2 is 1.78 bits per heavy atom. The zero-order chi connectivity index (χ0) is 19.6. The Hall–Kier alpha value is -2.06. The molecule has 0 amide bonds. The second-order valence-corrected chi connectivity index (χ2v) is 8.77. The molecule has 0 saturated carbocycles. The second-order valence-electron chi connectivity index (χ2n) is 6.79. The van der Waals surface area contributed by atoms with Crippen molar-refractivity contribution in [2.45, 2.75) is 26.7 Å². The first-order chi connectivity index (χ1) is 12.8. The molecule has 2 aromatic rings. The van der Waals surface area contributed by atoms with E-state index in [1.807, 2.05) is 19.9 Å². The topological polar surface area (TPSA) is 66.4 Å². The number of rotatable bonds is 5. The van der Waals surface area contributed by atoms with Crippen molar-refractivity contribution in [3.05, 3.63) is 52.7 Å². The minimum absolute atomic E-state index is 0.243. The lowest BCUT2D eigenvalue weighted by atomic mass is 10.0. The fourth-order valence-corrected chi connectivity index (χ4v) is 4.26. The van der Waals surface area contributed by atoms with E-state index in [-0.39, 0.29) is 5.82 Å². The van der Waals surface area contributed by atoms with Crippen molar-refractivity contribution in [1.29, 1.82) is 0 Å². The monoisotopic (exact) mass is 392 g/mol. The number of piperazine rings is 1. The molecule has 1 aromatic heterocycles. The van der Waals surface area contributed by atoms with Gasteiger partial charge in [0.1, 0.15) is 17.5 Å². The summed E-state index contributed by atoms with van der Waals surface area (Å²) in [6.07, 6.45) is 2.37. The van der Waals surface area contributed by atoms with Gasteiger partial charge in [0.15, 0.2) is 0 Å². The molecule has 0 unspecified atom stereocenters. The van der Waals surface area contributed by atoms with Gasteiger partial charge in [-0.2, -0.15) is 4.31 Å². The van der Waals surface area contributed by atoms with Gasteiger partial charge in [0.05, 0.1) is 6.26 Å². The minimum atomic E-state index is -3.19. The normalized spacial score (nSPS) is 15.9. The van der Waals surface area contributed by atoms with Crippen LogP contribution < -0.4 is 4.90 Å². The first-order valence-electron chi connectivity index (χ1n) is 9.09. The van der Waals surface area contributed by atoms with Crippen LogP contribution in [-0.2, 0) is 22.9 Å². The fourth-order valence-electron chi connectivity index (χ4n) is 3.44. The number of halogens is 1. The molecule has 1 aliphatic heterocycles. The third-order valence-electron chi connectivity index (χ3n) is 4.85. The molecule has 1 aromatic carbocycles. The SMILES string of the molecule is CCc1nc(C)nc(N2CCN(S(C)(=O)=O)CC2)c1Cc1ccccc1F. The van der Waals surface area contributed by atoms with Crippen molar-refractivity contribution < 1.29 is 12.8 Å². The van der Waals surface area contributed by atoms with E-state index in [0.717, 1.165) is 23.5 Å². The molecule has 0 atom stereocenters. The average Bonchev–Trinajstić information content (AvgIpc) is 2.63. The molecule has 0 aliphatic carbocycles. The van der Waals surface area contributed by atoms with Crippen LogP contribution in [0.4, 0.5) is 10.2 Å². The molecule has 0 bridgehead atoms. The van der Waals surface area contributed by atoms with Gasteiger partial charge >= 0.3 is 0 Å². The maximum Gasteiger partial charge on any atom is 0.211 e. The van der Waals surface area contributed by atoms with Crippen LogP contribution in [0.2, 0.25) is 0 Å². The van der Waals surface area contributed by atoms with Crippen LogP contribution in [0.3, 0.4) is 0 Å². The van der Waals surface area contributed by atoms with Gasteiger partial charge in [-0.15, -0.1) is 0 Å². The maximum absolute atomic E-state index is 14.2. The molecule has 6 nitrogen and oxygen atoms in total. The summed E-state index contributed by atoms with van der Waals surface area (Å²) in [6.45, 7) is 5.82. The van der Waals surface area contributed by atoms with Gasteiger partial charge in [0, 0.05) is 43.9 Å². The molecule has 27 heavy (non-hydrogen) atoms. The summed E-state index contributed by atoms with van der Waals surface area (Å²) in [6, 6.07) is 6.74.